The number of hydrogen-bond acceptors (Lipinski definition) is 13. The normalized spacial score (nSPS) is 40.1. The zero-order valence-corrected chi connectivity index (χ0v) is 16.5. The van der Waals surface area contributed by atoms with Gasteiger partial charge in [-0.15, -0.1) is 0 Å². The lowest BCUT2D eigenvalue weighted by Gasteiger charge is -2.45. The van der Waals surface area contributed by atoms with Crippen molar-refractivity contribution in [3.05, 3.63) is 34.4 Å². The van der Waals surface area contributed by atoms with Crippen LogP contribution in [0.15, 0.2) is 24.3 Å². The van der Waals surface area contributed by atoms with E-state index in [9.17, 15) is 45.9 Å². The van der Waals surface area contributed by atoms with Crippen LogP contribution < -0.4 is 4.74 Å². The Hall–Kier alpha value is -1.98. The van der Waals surface area contributed by atoms with Gasteiger partial charge in [-0.05, 0) is 12.1 Å². The molecule has 14 heteroatoms. The van der Waals surface area contributed by atoms with Crippen molar-refractivity contribution < 1.29 is 59.6 Å². The van der Waals surface area contributed by atoms with Crippen LogP contribution in [0.2, 0.25) is 0 Å². The van der Waals surface area contributed by atoms with Gasteiger partial charge in [0.1, 0.15) is 54.6 Å². The fourth-order valence-electron chi connectivity index (χ4n) is 3.43. The summed E-state index contributed by atoms with van der Waals surface area (Å²) in [6, 6.07) is 4.83. The van der Waals surface area contributed by atoms with Gasteiger partial charge in [0.05, 0.1) is 18.1 Å². The molecule has 0 amide bonds. The minimum atomic E-state index is -1.77. The average molecular weight is 463 g/mol. The quantitative estimate of drug-likeness (QED) is 0.155. The fraction of sp³-hybridized carbons (Fsp3) is 0.667. The molecule has 0 radical (unpaired) electrons. The predicted octanol–water partition coefficient (Wildman–Crippen LogP) is -3.40. The Labute approximate surface area is 180 Å². The molecular formula is C18H25NO13. The lowest BCUT2D eigenvalue weighted by molar-refractivity contribution is -0.384. The summed E-state index contributed by atoms with van der Waals surface area (Å²) in [5, 5.41) is 80.4. The van der Waals surface area contributed by atoms with Gasteiger partial charge >= 0.3 is 0 Å². The number of nitro benzene ring substituents is 1. The van der Waals surface area contributed by atoms with E-state index in [1.165, 1.54) is 12.1 Å². The van der Waals surface area contributed by atoms with E-state index in [1.807, 2.05) is 0 Å². The molecule has 0 spiro atoms. The maximum Gasteiger partial charge on any atom is 0.269 e. The predicted molar refractivity (Wildman–Crippen MR) is 100 cm³/mol. The minimum absolute atomic E-state index is 0.0804. The Morgan fingerprint density at radius 1 is 0.812 bits per heavy atom. The van der Waals surface area contributed by atoms with Crippen LogP contribution in [0, 0.1) is 10.1 Å². The molecule has 10 atom stereocenters. The smallest absolute Gasteiger partial charge is 0.269 e. The zero-order valence-electron chi connectivity index (χ0n) is 16.5. The summed E-state index contributed by atoms with van der Waals surface area (Å²) in [7, 11) is 0. The molecule has 0 unspecified atom stereocenters. The maximum atomic E-state index is 10.7. The van der Waals surface area contributed by atoms with Gasteiger partial charge in [0.15, 0.2) is 6.29 Å². The van der Waals surface area contributed by atoms with Crippen LogP contribution in [0.4, 0.5) is 5.69 Å². The standard InChI is InChI=1S/C18H25NO13/c20-5-9-11(22)12(23)14(25)18(30-9)32-16-10(6-21)31-17(15(26)13(16)24)29-8-3-1-7(2-4-8)19(27)28/h1-4,9-18,20-26H,5-6H2/t9-,10-,11+,12+,13-,14+,15-,16+,17-,18+/m1/s1. The van der Waals surface area contributed by atoms with E-state index in [2.05, 4.69) is 0 Å². The maximum absolute atomic E-state index is 10.7. The molecule has 2 aliphatic rings. The zero-order chi connectivity index (χ0) is 23.6. The van der Waals surface area contributed by atoms with Crippen LogP contribution in [0.5, 0.6) is 5.75 Å². The number of hydrogen-bond donors (Lipinski definition) is 7. The largest absolute Gasteiger partial charge is 0.462 e. The number of aliphatic hydroxyl groups excluding tert-OH is 7. The molecule has 1 aromatic rings. The summed E-state index contributed by atoms with van der Waals surface area (Å²) in [6.07, 6.45) is -15.7. The summed E-state index contributed by atoms with van der Waals surface area (Å²) >= 11 is 0. The first-order valence-electron chi connectivity index (χ1n) is 9.67. The monoisotopic (exact) mass is 463 g/mol. The number of nitrogens with zero attached hydrogens (tertiary/aromatic N) is 1. The molecule has 3 rings (SSSR count). The van der Waals surface area contributed by atoms with E-state index in [0.717, 1.165) is 12.1 Å². The van der Waals surface area contributed by atoms with E-state index < -0.39 is 79.5 Å². The Bertz CT molecular complexity index is 760. The second-order valence-corrected chi connectivity index (χ2v) is 7.37. The molecule has 32 heavy (non-hydrogen) atoms. The van der Waals surface area contributed by atoms with Gasteiger partial charge in [-0.2, -0.15) is 0 Å². The second kappa shape index (κ2) is 10.3. The molecule has 2 fully saturated rings. The summed E-state index contributed by atoms with van der Waals surface area (Å²) in [5.74, 6) is 0.0804. The lowest BCUT2D eigenvalue weighted by Crippen LogP contribution is -2.65. The Kier molecular flexibility index (Phi) is 7.94. The lowest BCUT2D eigenvalue weighted by atomic mass is 9.97. The van der Waals surface area contributed by atoms with Gasteiger partial charge in [0, 0.05) is 12.1 Å². The van der Waals surface area contributed by atoms with E-state index in [0.29, 0.717) is 0 Å². The van der Waals surface area contributed by atoms with Crippen molar-refractivity contribution in [3.63, 3.8) is 0 Å². The van der Waals surface area contributed by atoms with Gasteiger partial charge in [-0.3, -0.25) is 10.1 Å². The third kappa shape index (κ3) is 4.99. The van der Waals surface area contributed by atoms with Crippen LogP contribution >= 0.6 is 0 Å². The number of nitro groups is 1. The van der Waals surface area contributed by atoms with Gasteiger partial charge in [-0.1, -0.05) is 0 Å². The third-order valence-electron chi connectivity index (χ3n) is 5.26. The van der Waals surface area contributed by atoms with Crippen molar-refractivity contribution in [2.45, 2.75) is 61.4 Å². The SMILES string of the molecule is O=[N+]([O-])c1ccc(O[C@@H]2O[C@H](CO)[C@H](O[C@@H]3O[C@H](CO)[C@H](O)[C@H](O)[C@@H]3O)[C@H](O)[C@H]2O)cc1. The van der Waals surface area contributed by atoms with E-state index in [-0.39, 0.29) is 11.4 Å². The second-order valence-electron chi connectivity index (χ2n) is 7.37. The topological polar surface area (TPSA) is 222 Å². The van der Waals surface area contributed by atoms with Crippen LogP contribution in [-0.4, -0.2) is 115 Å². The van der Waals surface area contributed by atoms with Gasteiger partial charge in [-0.25, -0.2) is 0 Å². The molecule has 2 saturated heterocycles. The molecule has 2 heterocycles. The van der Waals surface area contributed by atoms with Crippen LogP contribution in [0.25, 0.3) is 0 Å². The van der Waals surface area contributed by atoms with Crippen molar-refractivity contribution in [3.8, 4) is 5.75 Å². The summed E-state index contributed by atoms with van der Waals surface area (Å²) in [6.45, 7) is -1.42. The number of rotatable bonds is 7. The fourth-order valence-corrected chi connectivity index (χ4v) is 3.43. The minimum Gasteiger partial charge on any atom is -0.462 e. The summed E-state index contributed by atoms with van der Waals surface area (Å²) in [5.41, 5.74) is -0.191. The highest BCUT2D eigenvalue weighted by atomic mass is 16.7. The third-order valence-corrected chi connectivity index (χ3v) is 5.26. The Balaban J connectivity index is 1.70. The molecule has 0 bridgehead atoms. The Morgan fingerprint density at radius 2 is 1.38 bits per heavy atom. The number of aliphatic hydroxyl groups is 7. The molecule has 0 aliphatic carbocycles. The molecular weight excluding hydrogens is 438 g/mol. The highest BCUT2D eigenvalue weighted by Crippen LogP contribution is 2.30. The van der Waals surface area contributed by atoms with E-state index in [1.54, 1.807) is 0 Å². The number of ether oxygens (including phenoxy) is 4. The van der Waals surface area contributed by atoms with Crippen molar-refractivity contribution in [1.29, 1.82) is 0 Å². The molecule has 180 valence electrons. The van der Waals surface area contributed by atoms with Gasteiger partial charge < -0.3 is 54.7 Å². The molecule has 1 aromatic carbocycles. The molecule has 14 nitrogen and oxygen atoms in total. The van der Waals surface area contributed by atoms with E-state index in [4.69, 9.17) is 18.9 Å². The number of benzene rings is 1. The van der Waals surface area contributed by atoms with Crippen LogP contribution in [0.1, 0.15) is 0 Å². The molecule has 7 N–H and O–H groups in total. The van der Waals surface area contributed by atoms with Crippen molar-refractivity contribution in [1.82, 2.24) is 0 Å². The molecule has 0 saturated carbocycles. The van der Waals surface area contributed by atoms with Crippen molar-refractivity contribution in [2.75, 3.05) is 13.2 Å². The number of non-ortho nitro benzene ring substituents is 1. The summed E-state index contributed by atoms with van der Waals surface area (Å²) in [4.78, 5) is 10.1. The summed E-state index contributed by atoms with van der Waals surface area (Å²) < 4.78 is 21.5. The van der Waals surface area contributed by atoms with E-state index >= 15 is 0 Å². The van der Waals surface area contributed by atoms with Gasteiger partial charge in [0.25, 0.3) is 5.69 Å². The molecule has 2 aliphatic heterocycles. The first kappa shape index (κ1) is 24.7. The first-order valence-corrected chi connectivity index (χ1v) is 9.67. The first-order chi connectivity index (χ1) is 15.2. The van der Waals surface area contributed by atoms with Crippen LogP contribution in [0.3, 0.4) is 0 Å². The molecule has 0 aromatic heterocycles. The highest BCUT2D eigenvalue weighted by Gasteiger charge is 2.51. The van der Waals surface area contributed by atoms with Crippen LogP contribution in [-0.2, 0) is 14.2 Å². The highest BCUT2D eigenvalue weighted by molar-refractivity contribution is 5.36. The van der Waals surface area contributed by atoms with Crippen molar-refractivity contribution >= 4 is 5.69 Å². The Morgan fingerprint density at radius 3 is 1.94 bits per heavy atom. The van der Waals surface area contributed by atoms with Gasteiger partial charge in [0.2, 0.25) is 6.29 Å². The average Bonchev–Trinajstić information content (AvgIpc) is 2.79. The van der Waals surface area contributed by atoms with Crippen molar-refractivity contribution in [2.24, 2.45) is 0 Å².